The van der Waals surface area contributed by atoms with Crippen LogP contribution in [0.5, 0.6) is 0 Å². The van der Waals surface area contributed by atoms with Crippen molar-refractivity contribution in [1.29, 1.82) is 0 Å². The monoisotopic (exact) mass is 253 g/mol. The lowest BCUT2D eigenvalue weighted by Crippen LogP contribution is -2.69. The van der Waals surface area contributed by atoms with E-state index >= 15 is 0 Å². The standard InChI is InChI=1S/C16H31NO/c1-11(15(2,3)4)10-17-13-12-8-7-9-18-14(12)16(13,5)6/h11-14,17H,7-10H2,1-6H3. The molecule has 1 aliphatic heterocycles. The fourth-order valence-electron chi connectivity index (χ4n) is 3.55. The van der Waals surface area contributed by atoms with Crippen LogP contribution < -0.4 is 5.32 Å². The summed E-state index contributed by atoms with van der Waals surface area (Å²) in [5, 5.41) is 3.83. The van der Waals surface area contributed by atoms with E-state index < -0.39 is 0 Å². The van der Waals surface area contributed by atoms with Gasteiger partial charge in [0.15, 0.2) is 0 Å². The molecule has 0 aromatic rings. The normalized spacial score (nSPS) is 36.7. The molecule has 4 atom stereocenters. The van der Waals surface area contributed by atoms with Crippen molar-refractivity contribution >= 4 is 0 Å². The second-order valence-corrected chi connectivity index (χ2v) is 8.07. The van der Waals surface area contributed by atoms with Crippen molar-refractivity contribution in [2.45, 2.75) is 66.5 Å². The van der Waals surface area contributed by atoms with Gasteiger partial charge in [-0.3, -0.25) is 0 Å². The summed E-state index contributed by atoms with van der Waals surface area (Å²) in [4.78, 5) is 0. The lowest BCUT2D eigenvalue weighted by Gasteiger charge is -2.60. The molecular formula is C16H31NO. The molecule has 2 fully saturated rings. The Morgan fingerprint density at radius 2 is 2.00 bits per heavy atom. The molecule has 0 bridgehead atoms. The van der Waals surface area contributed by atoms with Crippen LogP contribution in [-0.2, 0) is 4.74 Å². The number of ether oxygens (including phenoxy) is 1. The van der Waals surface area contributed by atoms with Crippen molar-refractivity contribution in [3.63, 3.8) is 0 Å². The Morgan fingerprint density at radius 1 is 1.33 bits per heavy atom. The van der Waals surface area contributed by atoms with Crippen LogP contribution in [0.1, 0.15) is 54.4 Å². The number of hydrogen-bond acceptors (Lipinski definition) is 2. The first kappa shape index (κ1) is 14.3. The fourth-order valence-corrected chi connectivity index (χ4v) is 3.55. The SMILES string of the molecule is CC(CNC1C2CCCOC2C1(C)C)C(C)(C)C. The third kappa shape index (κ3) is 2.46. The number of rotatable bonds is 3. The Kier molecular flexibility index (Phi) is 3.81. The summed E-state index contributed by atoms with van der Waals surface area (Å²) in [6.07, 6.45) is 3.08. The molecule has 0 radical (unpaired) electrons. The van der Waals surface area contributed by atoms with Crippen LogP contribution in [-0.4, -0.2) is 25.3 Å². The Hall–Kier alpha value is -0.0800. The van der Waals surface area contributed by atoms with Crippen molar-refractivity contribution in [1.82, 2.24) is 5.32 Å². The van der Waals surface area contributed by atoms with Crippen molar-refractivity contribution in [3.8, 4) is 0 Å². The van der Waals surface area contributed by atoms with Crippen LogP contribution in [0.25, 0.3) is 0 Å². The van der Waals surface area contributed by atoms with Gasteiger partial charge in [0.05, 0.1) is 6.10 Å². The molecule has 4 unspecified atom stereocenters. The van der Waals surface area contributed by atoms with Crippen LogP contribution in [0.3, 0.4) is 0 Å². The van der Waals surface area contributed by atoms with Gasteiger partial charge in [-0.25, -0.2) is 0 Å². The highest BCUT2D eigenvalue weighted by atomic mass is 16.5. The molecule has 0 amide bonds. The van der Waals surface area contributed by atoms with Crippen LogP contribution >= 0.6 is 0 Å². The highest BCUT2D eigenvalue weighted by Crippen LogP contribution is 2.51. The molecule has 18 heavy (non-hydrogen) atoms. The number of hydrogen-bond donors (Lipinski definition) is 1. The molecule has 0 aromatic carbocycles. The van der Waals surface area contributed by atoms with Crippen LogP contribution in [0, 0.1) is 22.7 Å². The summed E-state index contributed by atoms with van der Waals surface area (Å²) in [7, 11) is 0. The smallest absolute Gasteiger partial charge is 0.0684 e. The number of fused-ring (bicyclic) bond motifs is 1. The molecule has 1 saturated heterocycles. The summed E-state index contributed by atoms with van der Waals surface area (Å²) >= 11 is 0. The minimum atomic E-state index is 0.308. The lowest BCUT2D eigenvalue weighted by atomic mass is 9.55. The average Bonchev–Trinajstić information content (AvgIpc) is 2.27. The van der Waals surface area contributed by atoms with Gasteiger partial charge >= 0.3 is 0 Å². The maximum atomic E-state index is 5.96. The van der Waals surface area contributed by atoms with E-state index in [9.17, 15) is 0 Å². The topological polar surface area (TPSA) is 21.3 Å². The van der Waals surface area contributed by atoms with Crippen LogP contribution in [0.4, 0.5) is 0 Å². The molecule has 1 aliphatic carbocycles. The van der Waals surface area contributed by atoms with Gasteiger partial charge in [-0.2, -0.15) is 0 Å². The predicted molar refractivity (Wildman–Crippen MR) is 76.7 cm³/mol. The molecular weight excluding hydrogens is 222 g/mol. The molecule has 2 nitrogen and oxygen atoms in total. The highest BCUT2D eigenvalue weighted by molar-refractivity contribution is 5.10. The zero-order valence-electron chi connectivity index (χ0n) is 13.0. The molecule has 1 saturated carbocycles. The van der Waals surface area contributed by atoms with Gasteiger partial charge in [-0.1, -0.05) is 41.5 Å². The third-order valence-corrected chi connectivity index (χ3v) is 5.45. The first-order valence-electron chi connectivity index (χ1n) is 7.59. The van der Waals surface area contributed by atoms with Gasteiger partial charge in [0.2, 0.25) is 0 Å². The largest absolute Gasteiger partial charge is 0.377 e. The summed E-state index contributed by atoms with van der Waals surface area (Å²) in [5.74, 6) is 1.46. The van der Waals surface area contributed by atoms with E-state index in [2.05, 4.69) is 46.9 Å². The molecule has 106 valence electrons. The minimum Gasteiger partial charge on any atom is -0.377 e. The summed E-state index contributed by atoms with van der Waals surface area (Å²) in [6.45, 7) is 16.2. The Bertz CT molecular complexity index is 292. The van der Waals surface area contributed by atoms with Crippen molar-refractivity contribution in [3.05, 3.63) is 0 Å². The Balaban J connectivity index is 1.90. The van der Waals surface area contributed by atoms with Gasteiger partial charge in [0.25, 0.3) is 0 Å². The van der Waals surface area contributed by atoms with Gasteiger partial charge in [-0.05, 0) is 30.7 Å². The Labute approximate surface area is 113 Å². The van der Waals surface area contributed by atoms with E-state index in [-0.39, 0.29) is 0 Å². The third-order valence-electron chi connectivity index (χ3n) is 5.45. The van der Waals surface area contributed by atoms with Crippen LogP contribution in [0.2, 0.25) is 0 Å². The molecule has 1 heterocycles. The molecule has 0 aromatic heterocycles. The molecule has 0 spiro atoms. The highest BCUT2D eigenvalue weighted by Gasteiger charge is 2.57. The first-order chi connectivity index (χ1) is 8.24. The summed E-state index contributed by atoms with van der Waals surface area (Å²) in [5.41, 5.74) is 0.700. The predicted octanol–water partition coefficient (Wildman–Crippen LogP) is 3.46. The number of nitrogens with one attached hydrogen (secondary N) is 1. The van der Waals surface area contributed by atoms with Crippen molar-refractivity contribution < 1.29 is 4.74 Å². The second kappa shape index (κ2) is 4.79. The van der Waals surface area contributed by atoms with E-state index in [0.717, 1.165) is 19.1 Å². The van der Waals surface area contributed by atoms with Crippen molar-refractivity contribution in [2.75, 3.05) is 13.2 Å². The first-order valence-corrected chi connectivity index (χ1v) is 7.59. The van der Waals surface area contributed by atoms with Crippen molar-refractivity contribution in [2.24, 2.45) is 22.7 Å². The summed E-state index contributed by atoms with van der Waals surface area (Å²) in [6, 6.07) is 0.646. The minimum absolute atomic E-state index is 0.308. The van der Waals surface area contributed by atoms with E-state index in [1.54, 1.807) is 0 Å². The second-order valence-electron chi connectivity index (χ2n) is 8.07. The van der Waals surface area contributed by atoms with Gasteiger partial charge in [0.1, 0.15) is 0 Å². The zero-order valence-corrected chi connectivity index (χ0v) is 13.0. The maximum absolute atomic E-state index is 5.96. The van der Waals surface area contributed by atoms with Gasteiger partial charge in [0, 0.05) is 24.0 Å². The maximum Gasteiger partial charge on any atom is 0.0684 e. The van der Waals surface area contributed by atoms with Crippen LogP contribution in [0.15, 0.2) is 0 Å². The fraction of sp³-hybridized carbons (Fsp3) is 1.00. The average molecular weight is 253 g/mol. The molecule has 2 rings (SSSR count). The van der Waals surface area contributed by atoms with E-state index in [4.69, 9.17) is 4.74 Å². The quantitative estimate of drug-likeness (QED) is 0.831. The lowest BCUT2D eigenvalue weighted by molar-refractivity contribution is -0.193. The molecule has 2 aliphatic rings. The molecule has 2 heteroatoms. The van der Waals surface area contributed by atoms with E-state index in [1.807, 2.05) is 0 Å². The van der Waals surface area contributed by atoms with E-state index in [0.29, 0.717) is 28.9 Å². The van der Waals surface area contributed by atoms with Gasteiger partial charge < -0.3 is 10.1 Å². The Morgan fingerprint density at radius 3 is 2.61 bits per heavy atom. The van der Waals surface area contributed by atoms with Gasteiger partial charge in [-0.15, -0.1) is 0 Å². The van der Waals surface area contributed by atoms with E-state index in [1.165, 1.54) is 12.8 Å². The molecule has 1 N–H and O–H groups in total. The zero-order chi connectivity index (χ0) is 13.6. The summed E-state index contributed by atoms with van der Waals surface area (Å²) < 4.78 is 5.96.